The van der Waals surface area contributed by atoms with Crippen molar-refractivity contribution >= 4 is 22.4 Å². The Hall–Kier alpha value is -2.61. The van der Waals surface area contributed by atoms with E-state index in [1.165, 1.54) is 11.3 Å². The fraction of sp³-hybridized carbons (Fsp3) is 0.421. The summed E-state index contributed by atoms with van der Waals surface area (Å²) >= 11 is 1.44. The van der Waals surface area contributed by atoms with Gasteiger partial charge in [0.15, 0.2) is 5.69 Å². The third-order valence-corrected chi connectivity index (χ3v) is 5.88. The van der Waals surface area contributed by atoms with Crippen LogP contribution in [0.4, 0.5) is 5.13 Å². The smallest absolute Gasteiger partial charge is 0.279 e. The Balaban J connectivity index is 1.59. The van der Waals surface area contributed by atoms with E-state index in [0.29, 0.717) is 22.7 Å². The molecule has 0 atom stereocenters. The average Bonchev–Trinajstić information content (AvgIpc) is 3.27. The third-order valence-electron chi connectivity index (χ3n) is 4.88. The fourth-order valence-electron chi connectivity index (χ4n) is 3.18. The number of aromatic nitrogens is 5. The largest absolute Gasteiger partial charge is 0.295 e. The zero-order chi connectivity index (χ0) is 18.8. The molecule has 0 radical (unpaired) electrons. The second-order valence-corrected chi connectivity index (χ2v) is 7.77. The molecule has 0 bridgehead atoms. The van der Waals surface area contributed by atoms with E-state index in [2.05, 4.69) is 39.7 Å². The minimum Gasteiger partial charge on any atom is -0.295 e. The number of hydrogen-bond acceptors (Lipinski definition) is 6. The molecular formula is C19H22N6OS. The first-order valence-corrected chi connectivity index (χ1v) is 10.2. The van der Waals surface area contributed by atoms with E-state index in [4.69, 9.17) is 0 Å². The lowest BCUT2D eigenvalue weighted by atomic mass is 10.1. The number of carbonyl (C=O) groups is 1. The molecule has 1 fully saturated rings. The van der Waals surface area contributed by atoms with Gasteiger partial charge in [0.25, 0.3) is 5.91 Å². The van der Waals surface area contributed by atoms with Crippen LogP contribution < -0.4 is 5.32 Å². The van der Waals surface area contributed by atoms with Gasteiger partial charge in [0.2, 0.25) is 5.13 Å². The van der Waals surface area contributed by atoms with E-state index in [1.807, 2.05) is 30.3 Å². The summed E-state index contributed by atoms with van der Waals surface area (Å²) in [6, 6.07) is 9.80. The molecule has 1 saturated carbocycles. The molecule has 1 amide bonds. The number of rotatable bonds is 7. The van der Waals surface area contributed by atoms with Crippen LogP contribution in [0.1, 0.15) is 72.6 Å². The van der Waals surface area contributed by atoms with Crippen LogP contribution in [-0.2, 0) is 0 Å². The van der Waals surface area contributed by atoms with E-state index in [-0.39, 0.29) is 5.91 Å². The molecule has 0 spiro atoms. The summed E-state index contributed by atoms with van der Waals surface area (Å²) in [5.41, 5.74) is 2.17. The first kappa shape index (κ1) is 17.8. The van der Waals surface area contributed by atoms with Crippen molar-refractivity contribution in [2.45, 2.75) is 51.4 Å². The number of para-hydroxylation sites is 1. The van der Waals surface area contributed by atoms with E-state index in [9.17, 15) is 4.79 Å². The van der Waals surface area contributed by atoms with Crippen LogP contribution in [0.25, 0.3) is 5.69 Å². The van der Waals surface area contributed by atoms with Gasteiger partial charge in [-0.15, -0.1) is 15.3 Å². The molecule has 2 heterocycles. The first-order valence-electron chi connectivity index (χ1n) is 9.37. The van der Waals surface area contributed by atoms with Crippen molar-refractivity contribution in [1.82, 2.24) is 25.2 Å². The highest BCUT2D eigenvalue weighted by Gasteiger charge is 2.34. The molecule has 8 heteroatoms. The summed E-state index contributed by atoms with van der Waals surface area (Å²) in [5.74, 6) is 0.441. The zero-order valence-corrected chi connectivity index (χ0v) is 16.2. The molecule has 7 nitrogen and oxygen atoms in total. The van der Waals surface area contributed by atoms with Crippen LogP contribution in [0.3, 0.4) is 0 Å². The average molecular weight is 382 g/mol. The predicted octanol–water partition coefficient (Wildman–Crippen LogP) is 4.15. The van der Waals surface area contributed by atoms with Crippen molar-refractivity contribution in [3.05, 3.63) is 46.7 Å². The molecule has 140 valence electrons. The van der Waals surface area contributed by atoms with Crippen molar-refractivity contribution in [3.63, 3.8) is 0 Å². The van der Waals surface area contributed by atoms with Gasteiger partial charge in [0.05, 0.1) is 11.4 Å². The molecule has 0 aliphatic heterocycles. The number of benzene rings is 1. The van der Waals surface area contributed by atoms with Gasteiger partial charge in [-0.25, -0.2) is 4.68 Å². The maximum absolute atomic E-state index is 12.8. The summed E-state index contributed by atoms with van der Waals surface area (Å²) < 4.78 is 1.78. The molecular weight excluding hydrogens is 360 g/mol. The van der Waals surface area contributed by atoms with Crippen molar-refractivity contribution in [1.29, 1.82) is 0 Å². The number of amides is 1. The van der Waals surface area contributed by atoms with Crippen LogP contribution in [0.2, 0.25) is 0 Å². The van der Waals surface area contributed by atoms with Crippen LogP contribution in [-0.4, -0.2) is 31.1 Å². The summed E-state index contributed by atoms with van der Waals surface area (Å²) in [6.45, 7) is 4.27. The lowest BCUT2D eigenvalue weighted by molar-refractivity contribution is 0.102. The van der Waals surface area contributed by atoms with E-state index in [1.54, 1.807) is 4.68 Å². The maximum atomic E-state index is 12.8. The van der Waals surface area contributed by atoms with Crippen molar-refractivity contribution in [3.8, 4) is 5.69 Å². The molecule has 1 aliphatic rings. The minimum absolute atomic E-state index is 0.272. The van der Waals surface area contributed by atoms with Crippen LogP contribution >= 0.6 is 11.3 Å². The monoisotopic (exact) mass is 382 g/mol. The second-order valence-electron chi connectivity index (χ2n) is 6.76. The summed E-state index contributed by atoms with van der Waals surface area (Å²) in [4.78, 5) is 12.8. The Bertz CT molecular complexity index is 927. The summed E-state index contributed by atoms with van der Waals surface area (Å²) in [6.07, 6.45) is 4.13. The number of nitrogens with one attached hydrogen (secondary N) is 1. The SMILES string of the molecule is CCC(CC)c1nnc(NC(=O)c2nnn(-c3ccccc3)c2C2CC2)s1. The highest BCUT2D eigenvalue weighted by molar-refractivity contribution is 7.15. The van der Waals surface area contributed by atoms with Gasteiger partial charge < -0.3 is 0 Å². The van der Waals surface area contributed by atoms with Gasteiger partial charge in [-0.2, -0.15) is 0 Å². The van der Waals surface area contributed by atoms with Crippen LogP contribution in [0.15, 0.2) is 30.3 Å². The highest BCUT2D eigenvalue weighted by atomic mass is 32.1. The molecule has 2 aromatic heterocycles. The quantitative estimate of drug-likeness (QED) is 0.663. The first-order chi connectivity index (χ1) is 13.2. The Morgan fingerprint density at radius 1 is 1.19 bits per heavy atom. The van der Waals surface area contributed by atoms with E-state index in [0.717, 1.165) is 42.1 Å². The lowest BCUT2D eigenvalue weighted by Gasteiger charge is -2.07. The van der Waals surface area contributed by atoms with Gasteiger partial charge in [0, 0.05) is 11.8 Å². The topological polar surface area (TPSA) is 85.6 Å². The number of carbonyl (C=O) groups excluding carboxylic acids is 1. The Kier molecular flexibility index (Phi) is 4.98. The summed E-state index contributed by atoms with van der Waals surface area (Å²) in [7, 11) is 0. The Morgan fingerprint density at radius 3 is 2.59 bits per heavy atom. The molecule has 1 aliphatic carbocycles. The third kappa shape index (κ3) is 3.62. The number of anilines is 1. The Morgan fingerprint density at radius 2 is 1.93 bits per heavy atom. The second kappa shape index (κ2) is 7.56. The summed E-state index contributed by atoms with van der Waals surface area (Å²) in [5, 5.41) is 21.1. The van der Waals surface area contributed by atoms with Gasteiger partial charge in [-0.05, 0) is 37.8 Å². The maximum Gasteiger partial charge on any atom is 0.279 e. The fourth-order valence-corrected chi connectivity index (χ4v) is 4.18. The normalized spacial score (nSPS) is 13.9. The predicted molar refractivity (Wildman–Crippen MR) is 105 cm³/mol. The van der Waals surface area contributed by atoms with Crippen molar-refractivity contribution in [2.24, 2.45) is 0 Å². The zero-order valence-electron chi connectivity index (χ0n) is 15.4. The molecule has 4 rings (SSSR count). The van der Waals surface area contributed by atoms with Gasteiger partial charge in [-0.1, -0.05) is 48.6 Å². The van der Waals surface area contributed by atoms with Crippen LogP contribution in [0, 0.1) is 0 Å². The Labute approximate surface area is 161 Å². The molecule has 0 unspecified atom stereocenters. The molecule has 0 saturated heterocycles. The van der Waals surface area contributed by atoms with E-state index < -0.39 is 0 Å². The number of nitrogens with zero attached hydrogens (tertiary/aromatic N) is 5. The van der Waals surface area contributed by atoms with Gasteiger partial charge in [0.1, 0.15) is 5.01 Å². The van der Waals surface area contributed by atoms with Gasteiger partial charge in [-0.3, -0.25) is 10.1 Å². The molecule has 1 aromatic carbocycles. The van der Waals surface area contributed by atoms with Crippen molar-refractivity contribution in [2.75, 3.05) is 5.32 Å². The van der Waals surface area contributed by atoms with Gasteiger partial charge >= 0.3 is 0 Å². The molecule has 1 N–H and O–H groups in total. The minimum atomic E-state index is -0.272. The lowest BCUT2D eigenvalue weighted by Crippen LogP contribution is -2.15. The van der Waals surface area contributed by atoms with Crippen molar-refractivity contribution < 1.29 is 4.79 Å². The highest BCUT2D eigenvalue weighted by Crippen LogP contribution is 2.42. The number of hydrogen-bond donors (Lipinski definition) is 1. The molecule has 3 aromatic rings. The van der Waals surface area contributed by atoms with Crippen LogP contribution in [0.5, 0.6) is 0 Å². The molecule has 27 heavy (non-hydrogen) atoms. The standard InChI is InChI=1S/C19H22N6OS/c1-3-12(4-2)18-22-23-19(27-18)20-17(26)15-16(13-10-11-13)25(24-21-15)14-8-6-5-7-9-14/h5-9,12-13H,3-4,10-11H2,1-2H3,(H,20,23,26). The van der Waals surface area contributed by atoms with E-state index >= 15 is 0 Å².